The number of ether oxygens (including phenoxy) is 1. The van der Waals surface area contributed by atoms with E-state index in [0.717, 1.165) is 5.56 Å². The van der Waals surface area contributed by atoms with Gasteiger partial charge in [0.1, 0.15) is 17.9 Å². The first kappa shape index (κ1) is 20.3. The number of anilines is 1. The second-order valence-electron chi connectivity index (χ2n) is 7.15. The Hall–Kier alpha value is -2.95. The number of rotatable bonds is 7. The molecule has 0 bridgehead atoms. The van der Waals surface area contributed by atoms with Crippen molar-refractivity contribution in [3.63, 3.8) is 0 Å². The Morgan fingerprint density at radius 3 is 2.77 bits per heavy atom. The quantitative estimate of drug-likeness (QED) is 0.567. The van der Waals surface area contributed by atoms with Crippen LogP contribution in [0.1, 0.15) is 12.0 Å². The van der Waals surface area contributed by atoms with Crippen LogP contribution >= 0.6 is 0 Å². The lowest BCUT2D eigenvalue weighted by molar-refractivity contribution is -0.0734. The number of alkyl halides is 4. The summed E-state index contributed by atoms with van der Waals surface area (Å²) in [6.07, 6.45) is 3.58. The zero-order valence-electron chi connectivity index (χ0n) is 15.9. The zero-order valence-corrected chi connectivity index (χ0v) is 15.9. The van der Waals surface area contributed by atoms with Crippen molar-refractivity contribution >= 4 is 16.9 Å². The summed E-state index contributed by atoms with van der Waals surface area (Å²) >= 11 is 0. The molecule has 3 heterocycles. The van der Waals surface area contributed by atoms with Crippen LogP contribution < -0.4 is 10.1 Å². The van der Waals surface area contributed by atoms with Crippen molar-refractivity contribution in [1.29, 1.82) is 0 Å². The third-order valence-corrected chi connectivity index (χ3v) is 5.10. The standard InChI is InChI=1S/C19H20F4N6O/c20-18(21)30-13-3-1-12(2-4-13)5-7-29-8-6-15(19(22,23)10-29)27-16-14-9-26-28-17(14)25-11-24-16/h1-4,9,11,15,18H,5-8,10H2,(H2,24,25,26,27,28)/t15-/m1/s1. The summed E-state index contributed by atoms with van der Waals surface area (Å²) in [6.45, 7) is -2.31. The first-order valence-corrected chi connectivity index (χ1v) is 9.45. The number of hydrogen-bond donors (Lipinski definition) is 2. The molecule has 1 saturated heterocycles. The van der Waals surface area contributed by atoms with Gasteiger partial charge in [0.15, 0.2) is 5.65 Å². The first-order chi connectivity index (χ1) is 14.4. The van der Waals surface area contributed by atoms with Gasteiger partial charge < -0.3 is 10.1 Å². The predicted octanol–water partition coefficient (Wildman–Crippen LogP) is 3.32. The molecule has 2 N–H and O–H groups in total. The summed E-state index contributed by atoms with van der Waals surface area (Å²) in [5.74, 6) is -2.55. The van der Waals surface area contributed by atoms with E-state index < -0.39 is 18.6 Å². The lowest BCUT2D eigenvalue weighted by Gasteiger charge is -2.38. The van der Waals surface area contributed by atoms with Crippen molar-refractivity contribution in [1.82, 2.24) is 25.1 Å². The fraction of sp³-hybridized carbons (Fsp3) is 0.421. The number of fused-ring (bicyclic) bond motifs is 1. The number of benzene rings is 1. The van der Waals surface area contributed by atoms with Crippen LogP contribution in [0.5, 0.6) is 5.75 Å². The van der Waals surface area contributed by atoms with Crippen molar-refractivity contribution in [2.75, 3.05) is 25.0 Å². The molecule has 1 aliphatic rings. The van der Waals surface area contributed by atoms with Crippen molar-refractivity contribution in [2.24, 2.45) is 0 Å². The van der Waals surface area contributed by atoms with Gasteiger partial charge in [-0.2, -0.15) is 13.9 Å². The number of H-pyrrole nitrogens is 1. The molecule has 0 saturated carbocycles. The first-order valence-electron chi connectivity index (χ1n) is 9.45. The summed E-state index contributed by atoms with van der Waals surface area (Å²) in [6, 6.07) is 5.17. The lowest BCUT2D eigenvalue weighted by Crippen LogP contribution is -2.54. The molecule has 0 radical (unpaired) electrons. The Bertz CT molecular complexity index is 981. The zero-order chi connectivity index (χ0) is 21.1. The van der Waals surface area contributed by atoms with E-state index >= 15 is 0 Å². The number of nitrogens with zero attached hydrogens (tertiary/aromatic N) is 4. The monoisotopic (exact) mass is 424 g/mol. The molecule has 0 aliphatic carbocycles. The number of piperidine rings is 1. The van der Waals surface area contributed by atoms with E-state index in [4.69, 9.17) is 0 Å². The highest BCUT2D eigenvalue weighted by Crippen LogP contribution is 2.31. The highest BCUT2D eigenvalue weighted by molar-refractivity contribution is 5.85. The van der Waals surface area contributed by atoms with Gasteiger partial charge in [-0.05, 0) is 30.5 Å². The lowest BCUT2D eigenvalue weighted by atomic mass is 10.00. The van der Waals surface area contributed by atoms with Crippen LogP contribution in [-0.4, -0.2) is 63.3 Å². The minimum atomic E-state index is -2.95. The molecular weight excluding hydrogens is 404 g/mol. The normalized spacial score (nSPS) is 19.3. The number of halogens is 4. The summed E-state index contributed by atoms with van der Waals surface area (Å²) in [5, 5.41) is 9.97. The second-order valence-corrected chi connectivity index (χ2v) is 7.15. The number of hydrogen-bond acceptors (Lipinski definition) is 6. The summed E-state index contributed by atoms with van der Waals surface area (Å²) in [7, 11) is 0. The molecule has 11 heteroatoms. The van der Waals surface area contributed by atoms with E-state index in [1.807, 2.05) is 0 Å². The van der Waals surface area contributed by atoms with Crippen molar-refractivity contribution in [2.45, 2.75) is 31.4 Å². The minimum Gasteiger partial charge on any atom is -0.435 e. The number of likely N-dealkylation sites (tertiary alicyclic amines) is 1. The van der Waals surface area contributed by atoms with Crippen molar-refractivity contribution < 1.29 is 22.3 Å². The number of aromatic amines is 1. The Kier molecular flexibility index (Phi) is 5.71. The largest absolute Gasteiger partial charge is 0.435 e. The van der Waals surface area contributed by atoms with E-state index in [1.165, 1.54) is 24.7 Å². The molecule has 0 amide bonds. The van der Waals surface area contributed by atoms with Gasteiger partial charge in [-0.3, -0.25) is 10.00 Å². The van der Waals surface area contributed by atoms with Crippen LogP contribution in [-0.2, 0) is 6.42 Å². The predicted molar refractivity (Wildman–Crippen MR) is 102 cm³/mol. The van der Waals surface area contributed by atoms with Gasteiger partial charge >= 0.3 is 6.61 Å². The van der Waals surface area contributed by atoms with Crippen LogP contribution in [0.25, 0.3) is 11.0 Å². The van der Waals surface area contributed by atoms with Crippen molar-refractivity contribution in [3.05, 3.63) is 42.4 Å². The molecule has 0 unspecified atom stereocenters. The Labute approximate surface area is 169 Å². The fourth-order valence-corrected chi connectivity index (χ4v) is 3.55. The average Bonchev–Trinajstić information content (AvgIpc) is 3.18. The summed E-state index contributed by atoms with van der Waals surface area (Å²) in [4.78, 5) is 9.78. The van der Waals surface area contributed by atoms with Gasteiger partial charge in [0, 0.05) is 13.1 Å². The van der Waals surface area contributed by atoms with Crippen LogP contribution in [0, 0.1) is 0 Å². The van der Waals surface area contributed by atoms with Crippen molar-refractivity contribution in [3.8, 4) is 5.75 Å². The third kappa shape index (κ3) is 4.61. The smallest absolute Gasteiger partial charge is 0.387 e. The van der Waals surface area contributed by atoms with Crippen LogP contribution in [0.3, 0.4) is 0 Å². The molecule has 3 aromatic rings. The molecule has 4 rings (SSSR count). The second kappa shape index (κ2) is 8.42. The van der Waals surface area contributed by atoms with Crippen LogP contribution in [0.4, 0.5) is 23.4 Å². The number of aromatic nitrogens is 4. The summed E-state index contributed by atoms with van der Waals surface area (Å²) < 4.78 is 58.2. The Morgan fingerprint density at radius 1 is 1.23 bits per heavy atom. The van der Waals surface area contributed by atoms with E-state index in [0.29, 0.717) is 36.4 Å². The van der Waals surface area contributed by atoms with Crippen LogP contribution in [0.2, 0.25) is 0 Å². The number of nitrogens with one attached hydrogen (secondary N) is 2. The SMILES string of the molecule is FC(F)Oc1ccc(CCN2CC[C@@H](Nc3ncnc4[nH]ncc34)C(F)(F)C2)cc1. The van der Waals surface area contributed by atoms with Gasteiger partial charge in [-0.15, -0.1) is 0 Å². The molecule has 7 nitrogen and oxygen atoms in total. The molecule has 0 spiro atoms. The molecule has 1 fully saturated rings. The Morgan fingerprint density at radius 2 is 2.03 bits per heavy atom. The maximum Gasteiger partial charge on any atom is 0.387 e. The topological polar surface area (TPSA) is 79.0 Å². The molecule has 1 aromatic carbocycles. The van der Waals surface area contributed by atoms with Gasteiger partial charge in [-0.25, -0.2) is 18.7 Å². The maximum atomic E-state index is 14.8. The van der Waals surface area contributed by atoms with Gasteiger partial charge in [0.05, 0.1) is 24.2 Å². The molecule has 1 atom stereocenters. The Balaban J connectivity index is 1.33. The summed E-state index contributed by atoms with van der Waals surface area (Å²) in [5.41, 5.74) is 1.35. The molecule has 160 valence electrons. The van der Waals surface area contributed by atoms with Gasteiger partial charge in [-0.1, -0.05) is 12.1 Å². The van der Waals surface area contributed by atoms with E-state index in [1.54, 1.807) is 17.0 Å². The molecule has 1 aliphatic heterocycles. The average molecular weight is 424 g/mol. The van der Waals surface area contributed by atoms with Gasteiger partial charge in [0.2, 0.25) is 0 Å². The highest BCUT2D eigenvalue weighted by Gasteiger charge is 2.44. The molecule has 30 heavy (non-hydrogen) atoms. The van der Waals surface area contributed by atoms with E-state index in [2.05, 4.69) is 30.2 Å². The molecular formula is C19H20F4N6O. The molecule has 2 aromatic heterocycles. The fourth-order valence-electron chi connectivity index (χ4n) is 3.55. The van der Waals surface area contributed by atoms with E-state index in [-0.39, 0.29) is 18.7 Å². The van der Waals surface area contributed by atoms with Gasteiger partial charge in [0.25, 0.3) is 5.92 Å². The highest BCUT2D eigenvalue weighted by atomic mass is 19.3. The van der Waals surface area contributed by atoms with Crippen LogP contribution in [0.15, 0.2) is 36.8 Å². The van der Waals surface area contributed by atoms with E-state index in [9.17, 15) is 17.6 Å². The maximum absolute atomic E-state index is 14.8. The minimum absolute atomic E-state index is 0.0728. The third-order valence-electron chi connectivity index (χ3n) is 5.10.